The maximum absolute atomic E-state index is 13.2. The van der Waals surface area contributed by atoms with Gasteiger partial charge in [-0.3, -0.25) is 0 Å². The van der Waals surface area contributed by atoms with Crippen molar-refractivity contribution in [2.45, 2.75) is 12.6 Å². The maximum Gasteiger partial charge on any atom is 0.128 e. The lowest BCUT2D eigenvalue weighted by Gasteiger charge is -2.08. The Morgan fingerprint density at radius 1 is 1.33 bits per heavy atom. The number of alkyl halides is 1. The number of nitrogens with two attached hydrogens (primary N) is 2. The molecule has 0 saturated heterocycles. The Kier molecular flexibility index (Phi) is 3.05. The Hall–Kier alpha value is -1.09. The molecule has 1 aromatic carbocycles. The molecular formula is C9H13FN2. The minimum Gasteiger partial charge on any atom is -0.398 e. The molecule has 0 aliphatic rings. The maximum atomic E-state index is 13.2. The Balaban J connectivity index is 2.79. The van der Waals surface area contributed by atoms with Gasteiger partial charge in [0.15, 0.2) is 0 Å². The normalized spacial score (nSPS) is 12.8. The van der Waals surface area contributed by atoms with E-state index in [2.05, 4.69) is 0 Å². The van der Waals surface area contributed by atoms with Crippen molar-refractivity contribution >= 4 is 5.69 Å². The van der Waals surface area contributed by atoms with Gasteiger partial charge in [0.25, 0.3) is 0 Å². The van der Waals surface area contributed by atoms with Crippen LogP contribution in [-0.4, -0.2) is 6.54 Å². The molecule has 0 radical (unpaired) electrons. The van der Waals surface area contributed by atoms with Crippen LogP contribution in [0.15, 0.2) is 24.3 Å². The Morgan fingerprint density at radius 2 is 2.00 bits per heavy atom. The highest BCUT2D eigenvalue weighted by molar-refractivity contribution is 5.47. The van der Waals surface area contributed by atoms with E-state index in [0.717, 1.165) is 0 Å². The van der Waals surface area contributed by atoms with E-state index in [1.165, 1.54) is 0 Å². The number of hydrogen-bond acceptors (Lipinski definition) is 2. The quantitative estimate of drug-likeness (QED) is 0.674. The molecule has 1 atom stereocenters. The fourth-order valence-electron chi connectivity index (χ4n) is 1.10. The second-order valence-corrected chi connectivity index (χ2v) is 2.67. The second kappa shape index (κ2) is 4.07. The SMILES string of the molecule is NCCC(F)c1ccccc1N. The summed E-state index contributed by atoms with van der Waals surface area (Å²) < 4.78 is 13.2. The van der Waals surface area contributed by atoms with Gasteiger partial charge in [0, 0.05) is 11.3 Å². The fourth-order valence-corrected chi connectivity index (χ4v) is 1.10. The van der Waals surface area contributed by atoms with Crippen LogP contribution in [0.25, 0.3) is 0 Å². The van der Waals surface area contributed by atoms with Gasteiger partial charge in [-0.15, -0.1) is 0 Å². The Morgan fingerprint density at radius 3 is 2.58 bits per heavy atom. The lowest BCUT2D eigenvalue weighted by Crippen LogP contribution is -2.05. The molecule has 4 N–H and O–H groups in total. The highest BCUT2D eigenvalue weighted by Crippen LogP contribution is 2.25. The van der Waals surface area contributed by atoms with Crippen LogP contribution in [0, 0.1) is 0 Å². The first-order chi connectivity index (χ1) is 5.75. The Bertz CT molecular complexity index is 250. The standard InChI is InChI=1S/C9H13FN2/c10-8(5-6-11)7-3-1-2-4-9(7)12/h1-4,8H,5-6,11-12H2. The molecule has 2 nitrogen and oxygen atoms in total. The van der Waals surface area contributed by atoms with Gasteiger partial charge in [0.05, 0.1) is 0 Å². The number of nitrogen functional groups attached to an aromatic ring is 1. The summed E-state index contributed by atoms with van der Waals surface area (Å²) in [6.45, 7) is 0.343. The molecular weight excluding hydrogens is 155 g/mol. The minimum absolute atomic E-state index is 0.328. The minimum atomic E-state index is -1.03. The molecule has 1 aromatic rings. The Labute approximate surface area is 71.4 Å². The molecule has 0 spiro atoms. The molecule has 0 aliphatic heterocycles. The monoisotopic (exact) mass is 168 g/mol. The average molecular weight is 168 g/mol. The molecule has 0 saturated carbocycles. The van der Waals surface area contributed by atoms with E-state index in [0.29, 0.717) is 24.2 Å². The van der Waals surface area contributed by atoms with E-state index in [4.69, 9.17) is 11.5 Å². The molecule has 0 aromatic heterocycles. The van der Waals surface area contributed by atoms with E-state index in [1.807, 2.05) is 0 Å². The summed E-state index contributed by atoms with van der Waals surface area (Å²) in [4.78, 5) is 0. The third-order valence-electron chi connectivity index (χ3n) is 1.75. The highest BCUT2D eigenvalue weighted by atomic mass is 19.1. The number of hydrogen-bond donors (Lipinski definition) is 2. The van der Waals surface area contributed by atoms with Crippen LogP contribution in [0.1, 0.15) is 18.2 Å². The third kappa shape index (κ3) is 1.95. The van der Waals surface area contributed by atoms with Crippen LogP contribution < -0.4 is 11.5 Å². The predicted octanol–water partition coefficient (Wildman–Crippen LogP) is 1.63. The van der Waals surface area contributed by atoms with Crippen LogP contribution in [0.3, 0.4) is 0 Å². The summed E-state index contributed by atoms with van der Waals surface area (Å²) in [6.07, 6.45) is -0.704. The number of halogens is 1. The van der Waals surface area contributed by atoms with Gasteiger partial charge >= 0.3 is 0 Å². The van der Waals surface area contributed by atoms with Crippen LogP contribution in [0.4, 0.5) is 10.1 Å². The van der Waals surface area contributed by atoms with E-state index in [1.54, 1.807) is 24.3 Å². The van der Waals surface area contributed by atoms with Gasteiger partial charge in [-0.1, -0.05) is 18.2 Å². The van der Waals surface area contributed by atoms with Gasteiger partial charge in [-0.25, -0.2) is 4.39 Å². The third-order valence-corrected chi connectivity index (χ3v) is 1.75. The highest BCUT2D eigenvalue weighted by Gasteiger charge is 2.10. The van der Waals surface area contributed by atoms with E-state index < -0.39 is 6.17 Å². The van der Waals surface area contributed by atoms with Crippen LogP contribution in [0.2, 0.25) is 0 Å². The molecule has 3 heteroatoms. The van der Waals surface area contributed by atoms with E-state index in [9.17, 15) is 4.39 Å². The molecule has 0 heterocycles. The van der Waals surface area contributed by atoms with Crippen molar-refractivity contribution in [3.63, 3.8) is 0 Å². The van der Waals surface area contributed by atoms with E-state index in [-0.39, 0.29) is 0 Å². The zero-order valence-corrected chi connectivity index (χ0v) is 6.83. The first-order valence-corrected chi connectivity index (χ1v) is 3.94. The van der Waals surface area contributed by atoms with E-state index >= 15 is 0 Å². The van der Waals surface area contributed by atoms with Gasteiger partial charge in [-0.05, 0) is 19.0 Å². The van der Waals surface area contributed by atoms with Crippen molar-refractivity contribution < 1.29 is 4.39 Å². The first kappa shape index (κ1) is 9.00. The van der Waals surface area contributed by atoms with Gasteiger partial charge in [0.2, 0.25) is 0 Å². The van der Waals surface area contributed by atoms with Crippen molar-refractivity contribution in [2.24, 2.45) is 5.73 Å². The van der Waals surface area contributed by atoms with Crippen molar-refractivity contribution in [1.29, 1.82) is 0 Å². The van der Waals surface area contributed by atoms with Crippen LogP contribution in [-0.2, 0) is 0 Å². The summed E-state index contributed by atoms with van der Waals surface area (Å²) in [5.41, 5.74) is 11.8. The largest absolute Gasteiger partial charge is 0.398 e. The lowest BCUT2D eigenvalue weighted by atomic mass is 10.1. The number of anilines is 1. The van der Waals surface area contributed by atoms with Crippen LogP contribution in [0.5, 0.6) is 0 Å². The molecule has 1 rings (SSSR count). The van der Waals surface area contributed by atoms with Gasteiger partial charge in [-0.2, -0.15) is 0 Å². The topological polar surface area (TPSA) is 52.0 Å². The second-order valence-electron chi connectivity index (χ2n) is 2.67. The number of para-hydroxylation sites is 1. The molecule has 12 heavy (non-hydrogen) atoms. The molecule has 0 amide bonds. The summed E-state index contributed by atoms with van der Waals surface area (Å²) >= 11 is 0. The number of rotatable bonds is 3. The van der Waals surface area contributed by atoms with Crippen LogP contribution >= 0.6 is 0 Å². The van der Waals surface area contributed by atoms with Gasteiger partial charge < -0.3 is 11.5 Å². The van der Waals surface area contributed by atoms with Crippen molar-refractivity contribution in [1.82, 2.24) is 0 Å². The lowest BCUT2D eigenvalue weighted by molar-refractivity contribution is 0.329. The van der Waals surface area contributed by atoms with Gasteiger partial charge in [0.1, 0.15) is 6.17 Å². The molecule has 66 valence electrons. The molecule has 0 aliphatic carbocycles. The average Bonchev–Trinajstić information content (AvgIpc) is 2.05. The molecule has 0 fully saturated rings. The summed E-state index contributed by atoms with van der Waals surface area (Å²) in [5.74, 6) is 0. The smallest absolute Gasteiger partial charge is 0.128 e. The van der Waals surface area contributed by atoms with Crippen molar-refractivity contribution in [2.75, 3.05) is 12.3 Å². The van der Waals surface area contributed by atoms with Crippen molar-refractivity contribution in [3.05, 3.63) is 29.8 Å². The first-order valence-electron chi connectivity index (χ1n) is 3.94. The molecule has 0 bridgehead atoms. The number of benzene rings is 1. The summed E-state index contributed by atoms with van der Waals surface area (Å²) in [5, 5.41) is 0. The van der Waals surface area contributed by atoms with Crippen molar-refractivity contribution in [3.8, 4) is 0 Å². The summed E-state index contributed by atoms with van der Waals surface area (Å²) in [6, 6.07) is 6.94. The zero-order chi connectivity index (χ0) is 8.97. The summed E-state index contributed by atoms with van der Waals surface area (Å²) in [7, 11) is 0. The molecule has 1 unspecified atom stereocenters. The fraction of sp³-hybridized carbons (Fsp3) is 0.333. The zero-order valence-electron chi connectivity index (χ0n) is 6.83. The predicted molar refractivity (Wildman–Crippen MR) is 48.4 cm³/mol.